The molecule has 1 amide bonds. The van der Waals surface area contributed by atoms with Crippen molar-refractivity contribution >= 4 is 34.0 Å². The highest BCUT2D eigenvalue weighted by Crippen LogP contribution is 2.29. The molecule has 104 valence electrons. The number of aromatic nitrogens is 1. The molecule has 0 aliphatic heterocycles. The number of fused-ring (bicyclic) bond motifs is 1. The third-order valence-corrected chi connectivity index (χ3v) is 4.71. The molecular formula is C15H15ClN2OS. The lowest BCUT2D eigenvalue weighted by Gasteiger charge is -2.02. The summed E-state index contributed by atoms with van der Waals surface area (Å²) in [4.78, 5) is 18.0. The second-order valence-corrected chi connectivity index (χ2v) is 6.43. The number of anilines is 1. The number of carbonyl (C=O) groups excluding carboxylic acids is 1. The average Bonchev–Trinajstić information content (AvgIpc) is 2.68. The minimum Gasteiger partial charge on any atom is -0.298 e. The first-order valence-corrected chi connectivity index (χ1v) is 7.97. The van der Waals surface area contributed by atoms with Gasteiger partial charge in [0.05, 0.1) is 5.69 Å². The number of nitrogens with one attached hydrogen (secondary N) is 1. The largest absolute Gasteiger partial charge is 0.298 e. The molecule has 1 aromatic carbocycles. The van der Waals surface area contributed by atoms with E-state index < -0.39 is 0 Å². The smallest absolute Gasteiger partial charge is 0.257 e. The minimum absolute atomic E-state index is 0.156. The zero-order valence-corrected chi connectivity index (χ0v) is 12.6. The van der Waals surface area contributed by atoms with Crippen molar-refractivity contribution in [2.75, 3.05) is 5.32 Å². The van der Waals surface area contributed by atoms with E-state index in [-0.39, 0.29) is 5.91 Å². The molecule has 0 unspecified atom stereocenters. The summed E-state index contributed by atoms with van der Waals surface area (Å²) in [5, 5.41) is 4.13. The standard InChI is InChI=1S/C15H15ClN2OS/c16-11-6-4-5-10(9-11)14(19)18-15-17-12-7-2-1-3-8-13(12)20-15/h4-6,9H,1-3,7-8H2,(H,17,18,19). The molecule has 1 aliphatic carbocycles. The van der Waals surface area contributed by atoms with Crippen molar-refractivity contribution in [2.45, 2.75) is 32.1 Å². The predicted molar refractivity (Wildman–Crippen MR) is 82.8 cm³/mol. The molecule has 0 saturated heterocycles. The van der Waals surface area contributed by atoms with Gasteiger partial charge < -0.3 is 0 Å². The summed E-state index contributed by atoms with van der Waals surface area (Å²) in [5.41, 5.74) is 1.72. The van der Waals surface area contributed by atoms with E-state index in [2.05, 4.69) is 10.3 Å². The molecule has 2 aromatic rings. The Morgan fingerprint density at radius 3 is 2.95 bits per heavy atom. The first kappa shape index (κ1) is 13.6. The molecule has 1 aromatic heterocycles. The maximum atomic E-state index is 12.1. The minimum atomic E-state index is -0.156. The van der Waals surface area contributed by atoms with Crippen molar-refractivity contribution in [2.24, 2.45) is 0 Å². The fraction of sp³-hybridized carbons (Fsp3) is 0.333. The van der Waals surface area contributed by atoms with Gasteiger partial charge in [-0.3, -0.25) is 10.1 Å². The molecule has 3 nitrogen and oxygen atoms in total. The van der Waals surface area contributed by atoms with Gasteiger partial charge in [-0.2, -0.15) is 0 Å². The van der Waals surface area contributed by atoms with Gasteiger partial charge in [-0.15, -0.1) is 11.3 Å². The Balaban J connectivity index is 1.76. The Hall–Kier alpha value is -1.39. The van der Waals surface area contributed by atoms with Gasteiger partial charge in [0.1, 0.15) is 0 Å². The lowest BCUT2D eigenvalue weighted by molar-refractivity contribution is 0.102. The van der Waals surface area contributed by atoms with Crippen molar-refractivity contribution in [3.05, 3.63) is 45.4 Å². The zero-order chi connectivity index (χ0) is 13.9. The summed E-state index contributed by atoms with van der Waals surface area (Å²) in [6, 6.07) is 6.94. The van der Waals surface area contributed by atoms with Crippen LogP contribution in [0, 0.1) is 0 Å². The Labute approximate surface area is 127 Å². The summed E-state index contributed by atoms with van der Waals surface area (Å²) in [6.07, 6.45) is 5.79. The highest BCUT2D eigenvalue weighted by atomic mass is 35.5. The number of carbonyl (C=O) groups is 1. The molecule has 0 spiro atoms. The van der Waals surface area contributed by atoms with Gasteiger partial charge in [0, 0.05) is 15.5 Å². The van der Waals surface area contributed by atoms with Gasteiger partial charge in [0.15, 0.2) is 5.13 Å². The summed E-state index contributed by atoms with van der Waals surface area (Å²) in [6.45, 7) is 0. The highest BCUT2D eigenvalue weighted by Gasteiger charge is 2.16. The first-order chi connectivity index (χ1) is 9.72. The molecule has 20 heavy (non-hydrogen) atoms. The summed E-state index contributed by atoms with van der Waals surface area (Å²) in [5.74, 6) is -0.156. The van der Waals surface area contributed by atoms with Crippen molar-refractivity contribution in [1.82, 2.24) is 4.98 Å². The fourth-order valence-electron chi connectivity index (χ4n) is 2.38. The Morgan fingerprint density at radius 2 is 2.10 bits per heavy atom. The lowest BCUT2D eigenvalue weighted by atomic mass is 10.2. The number of halogens is 1. The van der Waals surface area contributed by atoms with Crippen molar-refractivity contribution in [1.29, 1.82) is 0 Å². The van der Waals surface area contributed by atoms with Crippen LogP contribution in [0.5, 0.6) is 0 Å². The number of thiazole rings is 1. The summed E-state index contributed by atoms with van der Waals surface area (Å²) in [7, 11) is 0. The van der Waals surface area contributed by atoms with E-state index in [1.165, 1.54) is 24.1 Å². The Morgan fingerprint density at radius 1 is 1.25 bits per heavy atom. The second-order valence-electron chi connectivity index (χ2n) is 4.91. The third kappa shape index (κ3) is 3.02. The van der Waals surface area contributed by atoms with Gasteiger partial charge in [-0.05, 0) is 43.9 Å². The van der Waals surface area contributed by atoms with Gasteiger partial charge in [0.2, 0.25) is 0 Å². The van der Waals surface area contributed by atoms with E-state index in [4.69, 9.17) is 11.6 Å². The van der Waals surface area contributed by atoms with Crippen LogP contribution in [0.15, 0.2) is 24.3 Å². The summed E-state index contributed by atoms with van der Waals surface area (Å²) < 4.78 is 0. The van der Waals surface area contributed by atoms with Crippen LogP contribution in [0.4, 0.5) is 5.13 Å². The van der Waals surface area contributed by atoms with Gasteiger partial charge in [-0.25, -0.2) is 4.98 Å². The lowest BCUT2D eigenvalue weighted by Crippen LogP contribution is -2.11. The fourth-order valence-corrected chi connectivity index (χ4v) is 3.62. The number of benzene rings is 1. The molecule has 0 radical (unpaired) electrons. The van der Waals surface area contributed by atoms with Crippen molar-refractivity contribution < 1.29 is 4.79 Å². The number of hydrogen-bond acceptors (Lipinski definition) is 3. The Kier molecular flexibility index (Phi) is 4.03. The monoisotopic (exact) mass is 306 g/mol. The van der Waals surface area contributed by atoms with E-state index in [0.29, 0.717) is 15.7 Å². The maximum Gasteiger partial charge on any atom is 0.257 e. The van der Waals surface area contributed by atoms with Crippen LogP contribution in [0.2, 0.25) is 5.02 Å². The molecule has 0 saturated carbocycles. The number of nitrogens with zero attached hydrogens (tertiary/aromatic N) is 1. The normalized spacial score (nSPS) is 14.4. The van der Waals surface area contributed by atoms with Crippen LogP contribution in [0.1, 0.15) is 40.2 Å². The molecular weight excluding hydrogens is 292 g/mol. The topological polar surface area (TPSA) is 42.0 Å². The van der Waals surface area contributed by atoms with Crippen LogP contribution in [-0.2, 0) is 12.8 Å². The molecule has 3 rings (SSSR count). The molecule has 0 atom stereocenters. The van der Waals surface area contributed by atoms with Crippen LogP contribution < -0.4 is 5.32 Å². The van der Waals surface area contributed by atoms with Crippen molar-refractivity contribution in [3.63, 3.8) is 0 Å². The van der Waals surface area contributed by atoms with Crippen LogP contribution in [0.25, 0.3) is 0 Å². The SMILES string of the molecule is O=C(Nc1nc2c(s1)CCCCC2)c1cccc(Cl)c1. The van der Waals surface area contributed by atoms with Crippen LogP contribution >= 0.6 is 22.9 Å². The first-order valence-electron chi connectivity index (χ1n) is 6.78. The molecule has 0 fully saturated rings. The van der Waals surface area contributed by atoms with Gasteiger partial charge in [-0.1, -0.05) is 24.1 Å². The van der Waals surface area contributed by atoms with Crippen molar-refractivity contribution in [3.8, 4) is 0 Å². The summed E-state index contributed by atoms with van der Waals surface area (Å²) >= 11 is 7.50. The number of amides is 1. The molecule has 5 heteroatoms. The zero-order valence-electron chi connectivity index (χ0n) is 11.0. The van der Waals surface area contributed by atoms with E-state index in [1.54, 1.807) is 35.6 Å². The Bertz CT molecular complexity index is 615. The second kappa shape index (κ2) is 5.94. The molecule has 1 heterocycles. The molecule has 1 aliphatic rings. The predicted octanol–water partition coefficient (Wildman–Crippen LogP) is 4.32. The quantitative estimate of drug-likeness (QED) is 0.840. The van der Waals surface area contributed by atoms with Gasteiger partial charge >= 0.3 is 0 Å². The molecule has 1 N–H and O–H groups in total. The number of hydrogen-bond donors (Lipinski definition) is 1. The number of rotatable bonds is 2. The van der Waals surface area contributed by atoms with E-state index >= 15 is 0 Å². The van der Waals surface area contributed by atoms with Gasteiger partial charge in [0.25, 0.3) is 5.91 Å². The van der Waals surface area contributed by atoms with E-state index in [1.807, 2.05) is 0 Å². The average molecular weight is 307 g/mol. The van der Waals surface area contributed by atoms with Crippen LogP contribution in [0.3, 0.4) is 0 Å². The molecule has 0 bridgehead atoms. The highest BCUT2D eigenvalue weighted by molar-refractivity contribution is 7.15. The number of aryl methyl sites for hydroxylation is 2. The third-order valence-electron chi connectivity index (χ3n) is 3.40. The maximum absolute atomic E-state index is 12.1. The van der Waals surface area contributed by atoms with E-state index in [0.717, 1.165) is 18.5 Å². The van der Waals surface area contributed by atoms with E-state index in [9.17, 15) is 4.79 Å². The van der Waals surface area contributed by atoms with Crippen LogP contribution in [-0.4, -0.2) is 10.9 Å².